The normalized spacial score (nSPS) is 12.0. The molecule has 0 bridgehead atoms. The van der Waals surface area contributed by atoms with E-state index in [2.05, 4.69) is 0 Å². The van der Waals surface area contributed by atoms with Gasteiger partial charge in [0.2, 0.25) is 5.78 Å². The van der Waals surface area contributed by atoms with Crippen molar-refractivity contribution >= 4 is 11.8 Å². The summed E-state index contributed by atoms with van der Waals surface area (Å²) in [7, 11) is 1.74. The monoisotopic (exact) mass is 317 g/mol. The van der Waals surface area contributed by atoms with Gasteiger partial charge in [0.25, 0.3) is 0 Å². The molecule has 122 valence electrons. The minimum Gasteiger partial charge on any atom is -0.465 e. The van der Waals surface area contributed by atoms with Crippen LogP contribution in [0.4, 0.5) is 4.39 Å². The molecule has 1 aromatic carbocycles. The SMILES string of the molecule is CCOC(=O)C(C)c1cc(C)c(C(=O)c2ccc(F)cc2)n1C. The zero-order valence-electron chi connectivity index (χ0n) is 13.7. The molecule has 0 spiro atoms. The van der Waals surface area contributed by atoms with Crippen LogP contribution >= 0.6 is 0 Å². The molecule has 0 saturated heterocycles. The summed E-state index contributed by atoms with van der Waals surface area (Å²) in [5.74, 6) is -1.38. The average molecular weight is 317 g/mol. The number of halogens is 1. The highest BCUT2D eigenvalue weighted by Gasteiger charge is 2.25. The summed E-state index contributed by atoms with van der Waals surface area (Å²) in [5, 5.41) is 0. The Kier molecular flexibility index (Phi) is 4.98. The molecule has 0 aliphatic rings. The lowest BCUT2D eigenvalue weighted by atomic mass is 10.1. The Morgan fingerprint density at radius 1 is 1.26 bits per heavy atom. The van der Waals surface area contributed by atoms with Crippen LogP contribution in [0.25, 0.3) is 0 Å². The van der Waals surface area contributed by atoms with E-state index < -0.39 is 5.92 Å². The van der Waals surface area contributed by atoms with Crippen molar-refractivity contribution in [2.24, 2.45) is 7.05 Å². The number of hydrogen-bond acceptors (Lipinski definition) is 3. The van der Waals surface area contributed by atoms with Crippen molar-refractivity contribution in [1.29, 1.82) is 0 Å². The summed E-state index contributed by atoms with van der Waals surface area (Å²) >= 11 is 0. The molecule has 23 heavy (non-hydrogen) atoms. The minimum absolute atomic E-state index is 0.202. The zero-order chi connectivity index (χ0) is 17.1. The summed E-state index contributed by atoms with van der Waals surface area (Å²) in [5.41, 5.74) is 2.38. The van der Waals surface area contributed by atoms with Gasteiger partial charge < -0.3 is 9.30 Å². The van der Waals surface area contributed by atoms with Crippen LogP contribution in [0.5, 0.6) is 0 Å². The Labute approximate surface area is 134 Å². The Morgan fingerprint density at radius 2 is 1.87 bits per heavy atom. The number of ether oxygens (including phenoxy) is 1. The molecule has 0 aliphatic carbocycles. The van der Waals surface area contributed by atoms with E-state index in [1.165, 1.54) is 24.3 Å². The van der Waals surface area contributed by atoms with Gasteiger partial charge in [0, 0.05) is 18.3 Å². The van der Waals surface area contributed by atoms with Crippen LogP contribution in [-0.4, -0.2) is 22.9 Å². The van der Waals surface area contributed by atoms with E-state index in [1.54, 1.807) is 25.5 Å². The highest BCUT2D eigenvalue weighted by atomic mass is 19.1. The molecule has 0 fully saturated rings. The highest BCUT2D eigenvalue weighted by molar-refractivity contribution is 6.09. The Morgan fingerprint density at radius 3 is 2.43 bits per heavy atom. The molecule has 0 saturated carbocycles. The average Bonchev–Trinajstić information content (AvgIpc) is 2.81. The van der Waals surface area contributed by atoms with E-state index in [1.807, 2.05) is 13.0 Å². The molecule has 0 radical (unpaired) electrons. The van der Waals surface area contributed by atoms with Gasteiger partial charge in [0.05, 0.1) is 18.2 Å². The first kappa shape index (κ1) is 16.9. The van der Waals surface area contributed by atoms with Crippen molar-refractivity contribution in [1.82, 2.24) is 4.57 Å². The van der Waals surface area contributed by atoms with Gasteiger partial charge in [-0.1, -0.05) is 0 Å². The van der Waals surface area contributed by atoms with Crippen LogP contribution in [0, 0.1) is 12.7 Å². The number of esters is 1. The molecule has 0 aliphatic heterocycles. The van der Waals surface area contributed by atoms with Crippen molar-refractivity contribution in [2.75, 3.05) is 6.61 Å². The molecule has 1 aromatic heterocycles. The van der Waals surface area contributed by atoms with Crippen molar-refractivity contribution in [3.63, 3.8) is 0 Å². The molecule has 4 nitrogen and oxygen atoms in total. The van der Waals surface area contributed by atoms with Gasteiger partial charge in [-0.05, 0) is 56.7 Å². The predicted octanol–water partition coefficient (Wildman–Crippen LogP) is 3.37. The van der Waals surface area contributed by atoms with E-state index in [0.717, 1.165) is 5.56 Å². The van der Waals surface area contributed by atoms with Crippen LogP contribution in [-0.2, 0) is 16.6 Å². The van der Waals surface area contributed by atoms with Gasteiger partial charge in [0.15, 0.2) is 0 Å². The second kappa shape index (κ2) is 6.77. The summed E-state index contributed by atoms with van der Waals surface area (Å²) in [4.78, 5) is 24.6. The van der Waals surface area contributed by atoms with Crippen LogP contribution in [0.15, 0.2) is 30.3 Å². The van der Waals surface area contributed by atoms with Crippen molar-refractivity contribution in [2.45, 2.75) is 26.7 Å². The molecule has 2 rings (SSSR count). The highest BCUT2D eigenvalue weighted by Crippen LogP contribution is 2.25. The van der Waals surface area contributed by atoms with Gasteiger partial charge >= 0.3 is 5.97 Å². The number of nitrogens with zero attached hydrogens (tertiary/aromatic N) is 1. The van der Waals surface area contributed by atoms with Crippen molar-refractivity contribution in [3.8, 4) is 0 Å². The van der Waals surface area contributed by atoms with Crippen molar-refractivity contribution in [3.05, 3.63) is 58.7 Å². The number of hydrogen-bond donors (Lipinski definition) is 0. The number of rotatable bonds is 5. The minimum atomic E-state index is -0.464. The van der Waals surface area contributed by atoms with Gasteiger partial charge in [-0.15, -0.1) is 0 Å². The van der Waals surface area contributed by atoms with Gasteiger partial charge in [0.1, 0.15) is 5.82 Å². The van der Waals surface area contributed by atoms with E-state index in [4.69, 9.17) is 4.74 Å². The molecule has 0 amide bonds. The standard InChI is InChI=1S/C18H20FNO3/c1-5-23-18(22)12(3)15-10-11(2)16(20(15)4)17(21)13-6-8-14(19)9-7-13/h6-10,12H,5H2,1-4H3. The predicted molar refractivity (Wildman–Crippen MR) is 85.0 cm³/mol. The van der Waals surface area contributed by atoms with Crippen LogP contribution < -0.4 is 0 Å². The third-order valence-corrected chi connectivity index (χ3v) is 3.87. The maximum atomic E-state index is 13.0. The molecule has 1 unspecified atom stereocenters. The fourth-order valence-corrected chi connectivity index (χ4v) is 2.65. The first-order valence-electron chi connectivity index (χ1n) is 7.49. The summed E-state index contributed by atoms with van der Waals surface area (Å²) < 4.78 is 19.8. The molecule has 2 aromatic rings. The molecular formula is C18H20FNO3. The fraction of sp³-hybridized carbons (Fsp3) is 0.333. The molecule has 1 heterocycles. The van der Waals surface area contributed by atoms with E-state index >= 15 is 0 Å². The van der Waals surface area contributed by atoms with E-state index in [-0.39, 0.29) is 17.6 Å². The zero-order valence-corrected chi connectivity index (χ0v) is 13.7. The maximum Gasteiger partial charge on any atom is 0.314 e. The maximum absolute atomic E-state index is 13.0. The summed E-state index contributed by atoms with van der Waals surface area (Å²) in [6.07, 6.45) is 0. The van der Waals surface area contributed by atoms with Crippen LogP contribution in [0.2, 0.25) is 0 Å². The first-order chi connectivity index (χ1) is 10.9. The van der Waals surface area contributed by atoms with Gasteiger partial charge in [-0.2, -0.15) is 0 Å². The van der Waals surface area contributed by atoms with E-state index in [0.29, 0.717) is 23.6 Å². The number of aryl methyl sites for hydroxylation is 1. The molecule has 0 N–H and O–H groups in total. The lowest BCUT2D eigenvalue weighted by Gasteiger charge is -2.13. The Balaban J connectivity index is 2.39. The van der Waals surface area contributed by atoms with Crippen molar-refractivity contribution < 1.29 is 18.7 Å². The second-order valence-electron chi connectivity index (χ2n) is 5.47. The Bertz CT molecular complexity index is 731. The van der Waals surface area contributed by atoms with Gasteiger partial charge in [-0.3, -0.25) is 9.59 Å². The number of carbonyl (C=O) groups is 2. The number of aromatic nitrogens is 1. The molecule has 1 atom stereocenters. The third-order valence-electron chi connectivity index (χ3n) is 3.87. The number of ketones is 1. The fourth-order valence-electron chi connectivity index (χ4n) is 2.65. The molecule has 5 heteroatoms. The molecular weight excluding hydrogens is 297 g/mol. The lowest BCUT2D eigenvalue weighted by molar-refractivity contribution is -0.144. The number of benzene rings is 1. The second-order valence-corrected chi connectivity index (χ2v) is 5.47. The van der Waals surface area contributed by atoms with Crippen LogP contribution in [0.1, 0.15) is 47.1 Å². The van der Waals surface area contributed by atoms with Crippen LogP contribution in [0.3, 0.4) is 0 Å². The van der Waals surface area contributed by atoms with E-state index in [9.17, 15) is 14.0 Å². The number of carbonyl (C=O) groups excluding carboxylic acids is 2. The smallest absolute Gasteiger partial charge is 0.314 e. The quantitative estimate of drug-likeness (QED) is 0.627. The lowest BCUT2D eigenvalue weighted by Crippen LogP contribution is -2.17. The summed E-state index contributed by atoms with van der Waals surface area (Å²) in [6, 6.07) is 7.25. The topological polar surface area (TPSA) is 48.3 Å². The third kappa shape index (κ3) is 3.33. The first-order valence-corrected chi connectivity index (χ1v) is 7.49. The largest absolute Gasteiger partial charge is 0.465 e. The van der Waals surface area contributed by atoms with Gasteiger partial charge in [-0.25, -0.2) is 4.39 Å². The Hall–Kier alpha value is -2.43. The summed E-state index contributed by atoms with van der Waals surface area (Å²) in [6.45, 7) is 5.63.